The number of aliphatic hydroxyl groups excluding tert-OH is 1. The fourth-order valence-electron chi connectivity index (χ4n) is 20.8. The minimum absolute atomic E-state index is 0.136. The monoisotopic (exact) mass is 930 g/mol. The lowest BCUT2D eigenvalue weighted by molar-refractivity contribution is -0.279. The van der Waals surface area contributed by atoms with E-state index in [2.05, 4.69) is 59.2 Å². The topological polar surface area (TPSA) is 105 Å². The van der Waals surface area contributed by atoms with Crippen molar-refractivity contribution in [3.8, 4) is 0 Å². The Morgan fingerprint density at radius 1 is 0.841 bits per heavy atom. The summed E-state index contributed by atoms with van der Waals surface area (Å²) in [6.07, 6.45) is 23.0. The number of carbonyl (C=O) groups excluding carboxylic acids is 2. The number of benzene rings is 2. The Bertz CT molecular complexity index is 2640. The lowest BCUT2D eigenvalue weighted by Crippen LogP contribution is -2.77. The maximum absolute atomic E-state index is 16.5. The van der Waals surface area contributed by atoms with Crippen LogP contribution < -0.4 is 5.73 Å². The second kappa shape index (κ2) is 15.3. The van der Waals surface area contributed by atoms with Gasteiger partial charge in [0.05, 0.1) is 11.0 Å². The van der Waals surface area contributed by atoms with Crippen molar-refractivity contribution in [3.05, 3.63) is 104 Å². The molecule has 6 fully saturated rings. The number of rotatable bonds is 5. The Labute approximate surface area is 409 Å². The first-order chi connectivity index (χ1) is 33.8. The van der Waals surface area contributed by atoms with Crippen LogP contribution in [0.2, 0.25) is 0 Å². The molecule has 69 heavy (non-hydrogen) atoms. The highest BCUT2D eigenvalue weighted by Crippen LogP contribution is 2.88. The first-order valence-corrected chi connectivity index (χ1v) is 28.5. The molecule has 0 radical (unpaired) electrons. The zero-order chi connectivity index (χ0) is 46.1. The van der Waals surface area contributed by atoms with E-state index in [0.717, 1.165) is 94.8 Å². The summed E-state index contributed by atoms with van der Waals surface area (Å²) < 4.78 is 14.6. The molecule has 13 aliphatic rings. The van der Waals surface area contributed by atoms with Crippen molar-refractivity contribution in [2.45, 2.75) is 172 Å². The van der Waals surface area contributed by atoms with Crippen molar-refractivity contribution < 1.29 is 24.2 Å². The third kappa shape index (κ3) is 5.40. The quantitative estimate of drug-likeness (QED) is 0.226. The second-order valence-corrected chi connectivity index (χ2v) is 25.5. The standard InChI is InChI=1S/C61H75N3O5/c1-34-26-39-19-21-48-41-30-42-33-64(48)54(39)53-43-23-24-59-56(55(65)44-20-22-47(42)63(32-41)49(44)29-36-10-3-2-4-11-36)68-58(67)60(59)46(43)31-40(51(34)53)28-37-14-7-13-35(27-37)12-5-6-18-50(60)61(59)45-17-8-15-38(16-9-25-62)52(45)57(66)69-61/h7-8,13-15,17,27,34,36,40-42,44,47-51,53,65H,2-6,9-12,16,18-26,28-33,62H2,1H3. The first-order valence-electron chi connectivity index (χ1n) is 28.5. The summed E-state index contributed by atoms with van der Waals surface area (Å²) >= 11 is 0. The number of nitrogens with two attached hydrogens (primary N) is 1. The Morgan fingerprint density at radius 3 is 2.57 bits per heavy atom. The van der Waals surface area contributed by atoms with Crippen molar-refractivity contribution in [2.75, 3.05) is 19.6 Å². The van der Waals surface area contributed by atoms with Gasteiger partial charge in [0.1, 0.15) is 11.2 Å². The van der Waals surface area contributed by atoms with Crippen LogP contribution in [0.15, 0.2) is 76.4 Å². The summed E-state index contributed by atoms with van der Waals surface area (Å²) in [5, 5.41) is 13.9. The molecule has 0 aromatic heterocycles. The van der Waals surface area contributed by atoms with Crippen molar-refractivity contribution in [1.82, 2.24) is 9.80 Å². The molecule has 0 amide bonds. The van der Waals surface area contributed by atoms with Gasteiger partial charge in [0.25, 0.3) is 0 Å². The summed E-state index contributed by atoms with van der Waals surface area (Å²) in [4.78, 5) is 37.7. The molecule has 2 aromatic rings. The fourth-order valence-corrected chi connectivity index (χ4v) is 20.8. The van der Waals surface area contributed by atoms with Crippen LogP contribution in [0.3, 0.4) is 0 Å². The van der Waals surface area contributed by atoms with E-state index in [0.29, 0.717) is 84.1 Å². The van der Waals surface area contributed by atoms with Gasteiger partial charge in [0.15, 0.2) is 11.4 Å². The number of carbonyl (C=O) groups is 2. The minimum Gasteiger partial charge on any atom is -0.508 e. The number of nitrogens with zero attached hydrogens (tertiary/aromatic N) is 2. The van der Waals surface area contributed by atoms with E-state index in [-0.39, 0.29) is 35.7 Å². The molecular weight excluding hydrogens is 855 g/mol. The second-order valence-electron chi connectivity index (χ2n) is 25.5. The zero-order valence-electron chi connectivity index (χ0n) is 41.2. The molecule has 6 aliphatic carbocycles. The van der Waals surface area contributed by atoms with Gasteiger partial charge >= 0.3 is 11.9 Å². The Hall–Kier alpha value is -3.88. The van der Waals surface area contributed by atoms with Gasteiger partial charge in [-0.15, -0.1) is 0 Å². The summed E-state index contributed by atoms with van der Waals surface area (Å²) in [7, 11) is 0. The van der Waals surface area contributed by atoms with Gasteiger partial charge in [-0.2, -0.15) is 0 Å². The molecule has 7 heterocycles. The molecule has 4 saturated heterocycles. The number of allylic oxidation sites excluding steroid dienone is 2. The number of aryl methyl sites for hydroxylation is 2. The smallest absolute Gasteiger partial charge is 0.339 e. The van der Waals surface area contributed by atoms with Crippen LogP contribution in [0.1, 0.15) is 162 Å². The first kappa shape index (κ1) is 42.8. The fraction of sp³-hybridized carbons (Fsp3) is 0.672. The van der Waals surface area contributed by atoms with Gasteiger partial charge in [-0.3, -0.25) is 9.69 Å². The van der Waals surface area contributed by atoms with Crippen molar-refractivity contribution >= 4 is 11.9 Å². The third-order valence-corrected chi connectivity index (χ3v) is 22.9. The normalized spacial score (nSPS) is 42.6. The van der Waals surface area contributed by atoms with E-state index in [1.807, 2.05) is 0 Å². The molecular formula is C61H75N3O5. The van der Waals surface area contributed by atoms with Gasteiger partial charge in [0.2, 0.25) is 0 Å². The highest BCUT2D eigenvalue weighted by molar-refractivity contribution is 6.00. The number of esters is 2. The largest absolute Gasteiger partial charge is 0.508 e. The van der Waals surface area contributed by atoms with E-state index in [1.54, 1.807) is 16.8 Å². The number of hydrogen-bond donors (Lipinski definition) is 2. The molecule has 11 bridgehead atoms. The predicted molar refractivity (Wildman–Crippen MR) is 264 cm³/mol. The lowest BCUT2D eigenvalue weighted by Gasteiger charge is -2.72. The van der Waals surface area contributed by atoms with Crippen LogP contribution in [0, 0.1) is 64.1 Å². The van der Waals surface area contributed by atoms with Crippen LogP contribution in [-0.4, -0.2) is 64.6 Å². The van der Waals surface area contributed by atoms with Gasteiger partial charge in [-0.25, -0.2) is 4.79 Å². The maximum atomic E-state index is 16.5. The van der Waals surface area contributed by atoms with Gasteiger partial charge in [0, 0.05) is 60.2 Å². The molecule has 8 nitrogen and oxygen atoms in total. The number of hydrogen-bond acceptors (Lipinski definition) is 8. The van der Waals surface area contributed by atoms with Crippen LogP contribution in [0.25, 0.3) is 0 Å². The molecule has 364 valence electrons. The van der Waals surface area contributed by atoms with Gasteiger partial charge in [-0.1, -0.05) is 105 Å². The third-order valence-electron chi connectivity index (χ3n) is 22.9. The van der Waals surface area contributed by atoms with Crippen molar-refractivity contribution in [3.63, 3.8) is 0 Å². The molecule has 7 aliphatic heterocycles. The summed E-state index contributed by atoms with van der Waals surface area (Å²) in [6, 6.07) is 17.2. The SMILES string of the molecule is CC1CC2=C3C4C5=C6CC(Cc7cccc(c7)CCCCC7C68C(=O)OC(=C(O)C6CCC9C%10CC(CN9C6CC6CCCCC6)C(CC2)N3C%10)C8(CC5)C72OC(=O)c3c(CCCN)cccc32)C14. The van der Waals surface area contributed by atoms with Crippen LogP contribution in [0.5, 0.6) is 0 Å². The van der Waals surface area contributed by atoms with Crippen LogP contribution >= 0.6 is 0 Å². The van der Waals surface area contributed by atoms with Gasteiger partial charge in [-0.05, 0) is 161 Å². The lowest BCUT2D eigenvalue weighted by atomic mass is 9.28. The number of aliphatic hydroxyl groups is 1. The molecule has 8 heteroatoms. The highest BCUT2D eigenvalue weighted by Gasteiger charge is 2.93. The summed E-state index contributed by atoms with van der Waals surface area (Å²) in [6.45, 7) is 5.39. The van der Waals surface area contributed by atoms with Crippen molar-refractivity contribution in [2.24, 2.45) is 69.8 Å². The van der Waals surface area contributed by atoms with E-state index >= 15 is 9.59 Å². The molecule has 14 unspecified atom stereocenters. The van der Waals surface area contributed by atoms with Gasteiger partial charge < -0.3 is 25.2 Å². The van der Waals surface area contributed by atoms with E-state index in [1.165, 1.54) is 74.5 Å². The average molecular weight is 930 g/mol. The summed E-state index contributed by atoms with van der Waals surface area (Å²) in [5.41, 5.74) is 14.7. The Morgan fingerprint density at radius 2 is 1.68 bits per heavy atom. The zero-order valence-corrected chi connectivity index (χ0v) is 41.2. The van der Waals surface area contributed by atoms with Crippen LogP contribution in [-0.2, 0) is 39.1 Å². The van der Waals surface area contributed by atoms with E-state index in [9.17, 15) is 5.11 Å². The minimum atomic E-state index is -1.14. The Kier molecular flexibility index (Phi) is 9.50. The molecule has 15 rings (SSSR count). The number of ether oxygens (including phenoxy) is 2. The van der Waals surface area contributed by atoms with Crippen molar-refractivity contribution in [1.29, 1.82) is 0 Å². The average Bonchev–Trinajstić information content (AvgIpc) is 3.81. The van der Waals surface area contributed by atoms with E-state index < -0.39 is 16.4 Å². The maximum Gasteiger partial charge on any atom is 0.339 e. The predicted octanol–water partition coefficient (Wildman–Crippen LogP) is 11.0. The molecule has 3 spiro atoms. The molecule has 3 N–H and O–H groups in total. The summed E-state index contributed by atoms with van der Waals surface area (Å²) in [5.74, 6) is 3.47. The molecule has 2 saturated carbocycles. The molecule has 2 aromatic carbocycles. The molecule has 14 atom stereocenters. The highest BCUT2D eigenvalue weighted by atomic mass is 16.6. The number of piperidine rings is 3. The van der Waals surface area contributed by atoms with E-state index in [4.69, 9.17) is 15.2 Å². The van der Waals surface area contributed by atoms with Crippen LogP contribution in [0.4, 0.5) is 0 Å². The number of fused-ring (bicyclic) bond motifs is 12. The Balaban J connectivity index is 1.03.